The predicted molar refractivity (Wildman–Crippen MR) is 60.5 cm³/mol. The number of aromatic hydroxyl groups is 1. The topological polar surface area (TPSA) is 71.3 Å². The molecular formula is C10H10N2O3S. The maximum absolute atomic E-state index is 11.7. The van der Waals surface area contributed by atoms with Crippen LogP contribution >= 0.6 is 0 Å². The van der Waals surface area contributed by atoms with Crippen LogP contribution in [-0.4, -0.2) is 17.5 Å². The van der Waals surface area contributed by atoms with E-state index >= 15 is 0 Å². The highest BCUT2D eigenvalue weighted by atomic mass is 32.2. The smallest absolute Gasteiger partial charge is 0.327 e. The molecule has 2 aromatic rings. The van der Waals surface area contributed by atoms with E-state index < -0.39 is 10.2 Å². The number of nitrogens with one attached hydrogen (secondary N) is 1. The highest BCUT2D eigenvalue weighted by Crippen LogP contribution is 2.17. The van der Waals surface area contributed by atoms with Crippen molar-refractivity contribution in [1.29, 1.82) is 0 Å². The molecule has 0 aliphatic heterocycles. The number of nitrogens with zero attached hydrogens (tertiary/aromatic N) is 1. The Morgan fingerprint density at radius 2 is 1.81 bits per heavy atom. The molecule has 0 spiro atoms. The van der Waals surface area contributed by atoms with Gasteiger partial charge in [0.05, 0.1) is 5.69 Å². The van der Waals surface area contributed by atoms with Crippen LogP contribution in [-0.2, 0) is 10.2 Å². The summed E-state index contributed by atoms with van der Waals surface area (Å²) in [6, 6.07) is 9.14. The summed E-state index contributed by atoms with van der Waals surface area (Å²) in [4.78, 5) is 0. The molecule has 5 nitrogen and oxygen atoms in total. The highest BCUT2D eigenvalue weighted by molar-refractivity contribution is 7.91. The molecule has 0 radical (unpaired) electrons. The van der Waals surface area contributed by atoms with Crippen molar-refractivity contribution in [2.45, 2.75) is 0 Å². The van der Waals surface area contributed by atoms with Gasteiger partial charge in [0.25, 0.3) is 0 Å². The number of anilines is 1. The van der Waals surface area contributed by atoms with Crippen molar-refractivity contribution in [2.75, 3.05) is 4.72 Å². The first-order valence-corrected chi connectivity index (χ1v) is 5.97. The molecule has 1 heterocycles. The molecule has 0 atom stereocenters. The first-order chi connectivity index (χ1) is 7.58. The van der Waals surface area contributed by atoms with Gasteiger partial charge in [0.2, 0.25) is 0 Å². The van der Waals surface area contributed by atoms with Crippen LogP contribution in [0.5, 0.6) is 5.75 Å². The zero-order valence-corrected chi connectivity index (χ0v) is 9.05. The van der Waals surface area contributed by atoms with Gasteiger partial charge in [-0.1, -0.05) is 6.07 Å². The minimum absolute atomic E-state index is 0.00714. The maximum atomic E-state index is 11.7. The summed E-state index contributed by atoms with van der Waals surface area (Å²) in [6.45, 7) is 0. The van der Waals surface area contributed by atoms with Crippen molar-refractivity contribution >= 4 is 15.9 Å². The average molecular weight is 238 g/mol. The predicted octanol–water partition coefficient (Wildman–Crippen LogP) is 1.40. The molecule has 84 valence electrons. The van der Waals surface area contributed by atoms with Crippen LogP contribution in [0.25, 0.3) is 0 Å². The van der Waals surface area contributed by atoms with Gasteiger partial charge in [-0.2, -0.15) is 8.42 Å². The first kappa shape index (κ1) is 10.6. The van der Waals surface area contributed by atoms with E-state index in [1.165, 1.54) is 24.5 Å². The van der Waals surface area contributed by atoms with E-state index in [0.717, 1.165) is 3.97 Å². The van der Waals surface area contributed by atoms with Gasteiger partial charge in [-0.3, -0.25) is 4.72 Å². The SMILES string of the molecule is O=S(=O)(Nc1cccc(O)c1)n1cccc1. The number of hydrogen-bond acceptors (Lipinski definition) is 3. The van der Waals surface area contributed by atoms with Crippen LogP contribution in [0.1, 0.15) is 0 Å². The lowest BCUT2D eigenvalue weighted by atomic mass is 10.3. The third kappa shape index (κ3) is 2.17. The van der Waals surface area contributed by atoms with E-state index in [2.05, 4.69) is 4.72 Å². The fourth-order valence-corrected chi connectivity index (χ4v) is 2.24. The number of rotatable bonds is 3. The molecule has 0 amide bonds. The molecule has 1 aromatic heterocycles. The second-order valence-corrected chi connectivity index (χ2v) is 4.75. The lowest BCUT2D eigenvalue weighted by molar-refractivity contribution is 0.475. The number of hydrogen-bond donors (Lipinski definition) is 2. The van der Waals surface area contributed by atoms with Crippen LogP contribution in [0.15, 0.2) is 48.8 Å². The molecule has 6 heteroatoms. The van der Waals surface area contributed by atoms with Crippen molar-refractivity contribution < 1.29 is 13.5 Å². The molecule has 2 N–H and O–H groups in total. The Balaban J connectivity index is 2.29. The number of aromatic nitrogens is 1. The van der Waals surface area contributed by atoms with E-state index in [9.17, 15) is 13.5 Å². The van der Waals surface area contributed by atoms with Crippen LogP contribution in [0.3, 0.4) is 0 Å². The molecule has 0 unspecified atom stereocenters. The van der Waals surface area contributed by atoms with Crippen molar-refractivity contribution in [2.24, 2.45) is 0 Å². The van der Waals surface area contributed by atoms with Crippen LogP contribution in [0.2, 0.25) is 0 Å². The number of phenolic OH excluding ortho intramolecular Hbond substituents is 1. The molecule has 0 fully saturated rings. The summed E-state index contributed by atoms with van der Waals surface area (Å²) in [5.41, 5.74) is 0.314. The van der Waals surface area contributed by atoms with Crippen molar-refractivity contribution in [1.82, 2.24) is 3.97 Å². The Hall–Kier alpha value is -1.95. The largest absolute Gasteiger partial charge is 0.508 e. The van der Waals surface area contributed by atoms with Gasteiger partial charge < -0.3 is 5.11 Å². The Bertz CT molecular complexity index is 576. The molecule has 0 aliphatic carbocycles. The van der Waals surface area contributed by atoms with E-state index in [0.29, 0.717) is 5.69 Å². The Kier molecular flexibility index (Phi) is 2.57. The third-order valence-corrected chi connectivity index (χ3v) is 3.24. The lowest BCUT2D eigenvalue weighted by Gasteiger charge is -2.08. The Morgan fingerprint density at radius 1 is 1.12 bits per heavy atom. The highest BCUT2D eigenvalue weighted by Gasteiger charge is 2.11. The van der Waals surface area contributed by atoms with Crippen molar-refractivity contribution in [3.63, 3.8) is 0 Å². The van der Waals surface area contributed by atoms with Gasteiger partial charge in [0, 0.05) is 18.5 Å². The van der Waals surface area contributed by atoms with Crippen LogP contribution < -0.4 is 4.72 Å². The number of benzene rings is 1. The minimum Gasteiger partial charge on any atom is -0.508 e. The van der Waals surface area contributed by atoms with Gasteiger partial charge in [0.15, 0.2) is 0 Å². The minimum atomic E-state index is -3.63. The van der Waals surface area contributed by atoms with Gasteiger partial charge in [-0.05, 0) is 24.3 Å². The van der Waals surface area contributed by atoms with Gasteiger partial charge >= 0.3 is 10.2 Å². The maximum Gasteiger partial charge on any atom is 0.327 e. The Morgan fingerprint density at radius 3 is 2.44 bits per heavy atom. The summed E-state index contributed by atoms with van der Waals surface area (Å²) in [7, 11) is -3.63. The van der Waals surface area contributed by atoms with Crippen molar-refractivity contribution in [3.8, 4) is 5.75 Å². The van der Waals surface area contributed by atoms with E-state index in [-0.39, 0.29) is 5.75 Å². The van der Waals surface area contributed by atoms with E-state index in [1.54, 1.807) is 24.3 Å². The molecule has 0 saturated heterocycles. The zero-order chi connectivity index (χ0) is 11.6. The summed E-state index contributed by atoms with van der Waals surface area (Å²) >= 11 is 0. The standard InChI is InChI=1S/C10H10N2O3S/c13-10-5-3-4-9(8-10)11-16(14,15)12-6-1-2-7-12/h1-8,11,13H. The molecule has 0 aliphatic rings. The second-order valence-electron chi connectivity index (χ2n) is 3.17. The van der Waals surface area contributed by atoms with Gasteiger partial charge in [-0.15, -0.1) is 0 Å². The van der Waals surface area contributed by atoms with Crippen LogP contribution in [0, 0.1) is 0 Å². The summed E-state index contributed by atoms with van der Waals surface area (Å²) in [6.07, 6.45) is 2.84. The summed E-state index contributed by atoms with van der Waals surface area (Å²) in [5.74, 6) is 0.00714. The lowest BCUT2D eigenvalue weighted by Crippen LogP contribution is -2.19. The fourth-order valence-electron chi connectivity index (χ4n) is 1.25. The Labute approximate surface area is 93.1 Å². The summed E-state index contributed by atoms with van der Waals surface area (Å²) in [5, 5.41) is 9.20. The molecule has 0 saturated carbocycles. The van der Waals surface area contributed by atoms with E-state index in [4.69, 9.17) is 0 Å². The number of phenols is 1. The normalized spacial score (nSPS) is 11.2. The first-order valence-electron chi connectivity index (χ1n) is 4.53. The third-order valence-electron chi connectivity index (χ3n) is 1.95. The molecule has 16 heavy (non-hydrogen) atoms. The monoisotopic (exact) mass is 238 g/mol. The molecule has 1 aromatic carbocycles. The zero-order valence-electron chi connectivity index (χ0n) is 8.24. The van der Waals surface area contributed by atoms with Crippen molar-refractivity contribution in [3.05, 3.63) is 48.8 Å². The molecule has 2 rings (SSSR count). The average Bonchev–Trinajstić information content (AvgIpc) is 2.69. The second kappa shape index (κ2) is 3.90. The van der Waals surface area contributed by atoms with E-state index in [1.807, 2.05) is 0 Å². The summed E-state index contributed by atoms with van der Waals surface area (Å²) < 4.78 is 26.9. The molecular weight excluding hydrogens is 228 g/mol. The van der Waals surface area contributed by atoms with Gasteiger partial charge in [0.1, 0.15) is 5.75 Å². The molecule has 0 bridgehead atoms. The quantitative estimate of drug-likeness (QED) is 0.849. The van der Waals surface area contributed by atoms with Crippen LogP contribution in [0.4, 0.5) is 5.69 Å². The fraction of sp³-hybridized carbons (Fsp3) is 0. The van der Waals surface area contributed by atoms with Gasteiger partial charge in [-0.25, -0.2) is 3.97 Å².